The predicted molar refractivity (Wildman–Crippen MR) is 69.0 cm³/mol. The summed E-state index contributed by atoms with van der Waals surface area (Å²) in [6.07, 6.45) is 3.93. The Labute approximate surface area is 102 Å². The van der Waals surface area contributed by atoms with Crippen LogP contribution in [0.25, 0.3) is 0 Å². The van der Waals surface area contributed by atoms with Gasteiger partial charge in [0.2, 0.25) is 0 Å². The van der Waals surface area contributed by atoms with Gasteiger partial charge in [-0.3, -0.25) is 0 Å². The van der Waals surface area contributed by atoms with Crippen LogP contribution in [0.2, 0.25) is 0 Å². The third-order valence-corrected chi connectivity index (χ3v) is 4.45. The molecule has 1 aliphatic rings. The second kappa shape index (κ2) is 5.80. The van der Waals surface area contributed by atoms with Gasteiger partial charge in [0.25, 0.3) is 0 Å². The van der Waals surface area contributed by atoms with E-state index in [4.69, 9.17) is 4.74 Å². The van der Waals surface area contributed by atoms with E-state index in [9.17, 15) is 0 Å². The quantitative estimate of drug-likeness (QED) is 0.853. The molecule has 16 heavy (non-hydrogen) atoms. The van der Waals surface area contributed by atoms with Crippen LogP contribution in [0.1, 0.15) is 24.6 Å². The molecule has 0 amide bonds. The molecule has 90 valence electrons. The van der Waals surface area contributed by atoms with Crippen LogP contribution in [0.5, 0.6) is 0 Å². The molecule has 1 aromatic rings. The number of thiophene rings is 1. The molecule has 0 spiro atoms. The fourth-order valence-corrected chi connectivity index (χ4v) is 3.42. The summed E-state index contributed by atoms with van der Waals surface area (Å²) >= 11 is 1.85. The summed E-state index contributed by atoms with van der Waals surface area (Å²) in [4.78, 5) is 1.47. The molecule has 0 bridgehead atoms. The number of hydrogen-bond acceptors (Lipinski definition) is 3. The van der Waals surface area contributed by atoms with Crippen LogP contribution in [0.15, 0.2) is 17.5 Å². The highest BCUT2D eigenvalue weighted by molar-refractivity contribution is 7.09. The number of rotatable bonds is 5. The topological polar surface area (TPSA) is 21.3 Å². The van der Waals surface area contributed by atoms with Gasteiger partial charge in [-0.25, -0.2) is 0 Å². The maximum atomic E-state index is 5.78. The molecule has 0 aromatic carbocycles. The highest BCUT2D eigenvalue weighted by Crippen LogP contribution is 2.28. The van der Waals surface area contributed by atoms with Crippen LogP contribution >= 0.6 is 11.3 Å². The van der Waals surface area contributed by atoms with Crippen molar-refractivity contribution in [2.45, 2.75) is 38.3 Å². The van der Waals surface area contributed by atoms with Crippen LogP contribution in [-0.4, -0.2) is 25.8 Å². The van der Waals surface area contributed by atoms with E-state index in [1.54, 1.807) is 0 Å². The molecular weight excluding hydrogens is 218 g/mol. The lowest BCUT2D eigenvalue weighted by Gasteiger charge is -2.26. The molecule has 2 nitrogen and oxygen atoms in total. The Morgan fingerprint density at radius 1 is 1.62 bits per heavy atom. The first kappa shape index (κ1) is 12.1. The summed E-state index contributed by atoms with van der Waals surface area (Å²) in [6.45, 7) is 3.16. The summed E-state index contributed by atoms with van der Waals surface area (Å²) in [5.74, 6) is 0.678. The monoisotopic (exact) mass is 239 g/mol. The molecule has 2 rings (SSSR count). The largest absolute Gasteiger partial charge is 0.378 e. The van der Waals surface area contributed by atoms with Crippen molar-refractivity contribution < 1.29 is 4.74 Å². The van der Waals surface area contributed by atoms with E-state index in [1.807, 2.05) is 11.3 Å². The Hall–Kier alpha value is -0.380. The normalized spacial score (nSPS) is 27.1. The third kappa shape index (κ3) is 2.65. The van der Waals surface area contributed by atoms with Crippen LogP contribution in [0.3, 0.4) is 0 Å². The first-order chi connectivity index (χ1) is 7.85. The SMILES string of the molecule is CCC1OCCC1C(Cc1cccs1)NC. The molecule has 1 aliphatic heterocycles. The fourth-order valence-electron chi connectivity index (χ4n) is 2.66. The Balaban J connectivity index is 1.98. The van der Waals surface area contributed by atoms with E-state index in [1.165, 1.54) is 11.3 Å². The van der Waals surface area contributed by atoms with E-state index < -0.39 is 0 Å². The van der Waals surface area contributed by atoms with Crippen LogP contribution in [0, 0.1) is 5.92 Å². The molecule has 0 radical (unpaired) electrons. The van der Waals surface area contributed by atoms with Crippen molar-refractivity contribution in [1.29, 1.82) is 0 Å². The number of likely N-dealkylation sites (N-methyl/N-ethyl adjacent to an activating group) is 1. The van der Waals surface area contributed by atoms with Gasteiger partial charge in [0.05, 0.1) is 6.10 Å². The standard InChI is InChI=1S/C13H21NOS/c1-3-13-11(6-7-15-13)12(14-2)9-10-5-4-8-16-10/h4-5,8,11-14H,3,6-7,9H2,1-2H3. The molecule has 1 aromatic heterocycles. The Kier molecular flexibility index (Phi) is 4.38. The van der Waals surface area contributed by atoms with Crippen molar-refractivity contribution in [3.8, 4) is 0 Å². The molecule has 3 atom stereocenters. The van der Waals surface area contributed by atoms with Gasteiger partial charge in [-0.2, -0.15) is 0 Å². The predicted octanol–water partition coefficient (Wildman–Crippen LogP) is 2.69. The molecule has 0 aliphatic carbocycles. The Bertz CT molecular complexity index is 299. The van der Waals surface area contributed by atoms with Crippen LogP contribution in [0.4, 0.5) is 0 Å². The van der Waals surface area contributed by atoms with Gasteiger partial charge >= 0.3 is 0 Å². The average molecular weight is 239 g/mol. The summed E-state index contributed by atoms with van der Waals surface area (Å²) in [6, 6.07) is 4.92. The lowest BCUT2D eigenvalue weighted by Crippen LogP contribution is -2.39. The second-order valence-corrected chi connectivity index (χ2v) is 5.48. The highest BCUT2D eigenvalue weighted by atomic mass is 32.1. The molecule has 3 heteroatoms. The lowest BCUT2D eigenvalue weighted by molar-refractivity contribution is 0.0784. The summed E-state index contributed by atoms with van der Waals surface area (Å²) in [7, 11) is 2.07. The highest BCUT2D eigenvalue weighted by Gasteiger charge is 2.32. The zero-order valence-electron chi connectivity index (χ0n) is 10.1. The molecule has 1 saturated heterocycles. The molecule has 0 saturated carbocycles. The van der Waals surface area contributed by atoms with E-state index in [0.717, 1.165) is 19.4 Å². The summed E-state index contributed by atoms with van der Waals surface area (Å²) < 4.78 is 5.78. The van der Waals surface area contributed by atoms with Gasteiger partial charge in [0, 0.05) is 23.4 Å². The first-order valence-corrected chi connectivity index (χ1v) is 7.04. The average Bonchev–Trinajstić information content (AvgIpc) is 2.96. The number of hydrogen-bond donors (Lipinski definition) is 1. The molecule has 2 heterocycles. The lowest BCUT2D eigenvalue weighted by atomic mass is 9.89. The molecule has 1 N–H and O–H groups in total. The van der Waals surface area contributed by atoms with Gasteiger partial charge in [-0.1, -0.05) is 13.0 Å². The van der Waals surface area contributed by atoms with E-state index in [0.29, 0.717) is 18.1 Å². The van der Waals surface area contributed by atoms with Gasteiger partial charge in [0.15, 0.2) is 0 Å². The molecular formula is C13H21NOS. The van der Waals surface area contributed by atoms with Crippen LogP contribution < -0.4 is 5.32 Å². The summed E-state index contributed by atoms with van der Waals surface area (Å²) in [5.41, 5.74) is 0. The second-order valence-electron chi connectivity index (χ2n) is 4.45. The number of nitrogens with one attached hydrogen (secondary N) is 1. The Morgan fingerprint density at radius 2 is 2.50 bits per heavy atom. The van der Waals surface area contributed by atoms with Crippen LogP contribution in [-0.2, 0) is 11.2 Å². The van der Waals surface area contributed by atoms with Crippen molar-refractivity contribution >= 4 is 11.3 Å². The maximum Gasteiger partial charge on any atom is 0.0616 e. The van der Waals surface area contributed by atoms with Gasteiger partial charge < -0.3 is 10.1 Å². The molecule has 3 unspecified atom stereocenters. The van der Waals surface area contributed by atoms with Crippen molar-refractivity contribution in [2.75, 3.05) is 13.7 Å². The zero-order valence-corrected chi connectivity index (χ0v) is 10.9. The Morgan fingerprint density at radius 3 is 3.12 bits per heavy atom. The van der Waals surface area contributed by atoms with Crippen molar-refractivity contribution in [3.05, 3.63) is 22.4 Å². The zero-order chi connectivity index (χ0) is 11.4. The van der Waals surface area contributed by atoms with Crippen molar-refractivity contribution in [3.63, 3.8) is 0 Å². The van der Waals surface area contributed by atoms with E-state index >= 15 is 0 Å². The van der Waals surface area contributed by atoms with E-state index in [2.05, 4.69) is 36.8 Å². The van der Waals surface area contributed by atoms with Crippen molar-refractivity contribution in [2.24, 2.45) is 5.92 Å². The van der Waals surface area contributed by atoms with Gasteiger partial charge in [-0.15, -0.1) is 11.3 Å². The number of ether oxygens (including phenoxy) is 1. The van der Waals surface area contributed by atoms with E-state index in [-0.39, 0.29) is 0 Å². The van der Waals surface area contributed by atoms with Gasteiger partial charge in [0.1, 0.15) is 0 Å². The van der Waals surface area contributed by atoms with Gasteiger partial charge in [-0.05, 0) is 37.8 Å². The minimum Gasteiger partial charge on any atom is -0.378 e. The maximum absolute atomic E-state index is 5.78. The fraction of sp³-hybridized carbons (Fsp3) is 0.692. The third-order valence-electron chi connectivity index (χ3n) is 3.55. The first-order valence-electron chi connectivity index (χ1n) is 6.16. The minimum absolute atomic E-state index is 0.456. The van der Waals surface area contributed by atoms with Crippen molar-refractivity contribution in [1.82, 2.24) is 5.32 Å². The molecule has 1 fully saturated rings. The summed E-state index contributed by atoms with van der Waals surface area (Å²) in [5, 5.41) is 5.63. The minimum atomic E-state index is 0.456. The smallest absolute Gasteiger partial charge is 0.0616 e.